The molecule has 1 unspecified atom stereocenters. The normalized spacial score (nSPS) is 17.4. The zero-order valence-electron chi connectivity index (χ0n) is 9.46. The van der Waals surface area contributed by atoms with Gasteiger partial charge in [0.15, 0.2) is 0 Å². The number of Topliss-reactive ketones (excluding diaryl/α,β-unsaturated/α-hetero) is 1. The van der Waals surface area contributed by atoms with Gasteiger partial charge in [-0.2, -0.15) is 0 Å². The topological polar surface area (TPSA) is 59.9 Å². The molecule has 1 aromatic carbocycles. The second-order valence-electron chi connectivity index (χ2n) is 4.14. The lowest BCUT2D eigenvalue weighted by atomic mass is 9.91. The van der Waals surface area contributed by atoms with Gasteiger partial charge in [0.05, 0.1) is 28.3 Å². The predicted molar refractivity (Wildman–Crippen MR) is 66.6 cm³/mol. The van der Waals surface area contributed by atoms with Crippen molar-refractivity contribution in [1.82, 2.24) is 9.97 Å². The van der Waals surface area contributed by atoms with Gasteiger partial charge < -0.3 is 0 Å². The molecule has 3 rings (SSSR count). The number of carbonyl (C=O) groups is 1. The number of carbonyl (C=O) groups excluding carboxylic acids is 2. The van der Waals surface area contributed by atoms with E-state index in [4.69, 9.17) is 0 Å². The van der Waals surface area contributed by atoms with Gasteiger partial charge in [-0.15, -0.1) is 0 Å². The molecular weight excluding hydrogens is 228 g/mol. The fraction of sp³-hybridized carbons (Fsp3) is 0.143. The third kappa shape index (κ3) is 1.62. The van der Waals surface area contributed by atoms with Crippen LogP contribution in [0, 0.1) is 0 Å². The summed E-state index contributed by atoms with van der Waals surface area (Å²) in [4.78, 5) is 31.0. The first kappa shape index (κ1) is 10.8. The zero-order valence-corrected chi connectivity index (χ0v) is 9.46. The summed E-state index contributed by atoms with van der Waals surface area (Å²) in [6.07, 6.45) is 5.59. The van der Waals surface area contributed by atoms with Gasteiger partial charge in [-0.1, -0.05) is 18.2 Å². The SMILES string of the molecule is O=[C]C(=O)C1CC=Cc2nc3ccccc3nc21. The average molecular weight is 237 g/mol. The Hall–Kier alpha value is -2.36. The highest BCUT2D eigenvalue weighted by Gasteiger charge is 2.26. The van der Waals surface area contributed by atoms with Crippen molar-refractivity contribution in [3.8, 4) is 0 Å². The number of fused-ring (bicyclic) bond motifs is 2. The monoisotopic (exact) mass is 237 g/mol. The first-order valence-corrected chi connectivity index (χ1v) is 5.65. The fourth-order valence-electron chi connectivity index (χ4n) is 2.14. The molecule has 0 aliphatic heterocycles. The van der Waals surface area contributed by atoms with E-state index in [0.29, 0.717) is 17.8 Å². The summed E-state index contributed by atoms with van der Waals surface area (Å²) in [6.45, 7) is 0. The molecule has 0 fully saturated rings. The number of ketones is 1. The van der Waals surface area contributed by atoms with Crippen molar-refractivity contribution in [3.05, 3.63) is 41.7 Å². The molecule has 1 aromatic heterocycles. The van der Waals surface area contributed by atoms with Crippen LogP contribution in [0.5, 0.6) is 0 Å². The van der Waals surface area contributed by atoms with Crippen molar-refractivity contribution in [2.24, 2.45) is 0 Å². The van der Waals surface area contributed by atoms with Crippen molar-refractivity contribution < 1.29 is 9.59 Å². The molecule has 2 aromatic rings. The molecular formula is C14H9N2O2. The summed E-state index contributed by atoms with van der Waals surface area (Å²) in [7, 11) is 0. The van der Waals surface area contributed by atoms with Gasteiger partial charge in [-0.05, 0) is 24.6 Å². The summed E-state index contributed by atoms with van der Waals surface area (Å²) in [5.74, 6) is -1.11. The van der Waals surface area contributed by atoms with Crippen LogP contribution >= 0.6 is 0 Å². The third-order valence-electron chi connectivity index (χ3n) is 3.02. The minimum atomic E-state index is -0.565. The van der Waals surface area contributed by atoms with E-state index in [1.807, 2.05) is 36.4 Å². The van der Waals surface area contributed by atoms with Crippen LogP contribution in [0.25, 0.3) is 17.1 Å². The van der Waals surface area contributed by atoms with Crippen LogP contribution in [0.2, 0.25) is 0 Å². The summed E-state index contributed by atoms with van der Waals surface area (Å²) < 4.78 is 0. The van der Waals surface area contributed by atoms with E-state index in [-0.39, 0.29) is 0 Å². The van der Waals surface area contributed by atoms with Gasteiger partial charge in [0.1, 0.15) is 0 Å². The minimum absolute atomic E-state index is 0.480. The minimum Gasteiger partial charge on any atom is -0.290 e. The molecule has 0 N–H and O–H groups in total. The molecule has 0 amide bonds. The summed E-state index contributed by atoms with van der Waals surface area (Å²) in [6, 6.07) is 7.46. The zero-order chi connectivity index (χ0) is 12.5. The number of benzene rings is 1. The Labute approximate surface area is 103 Å². The Morgan fingerprint density at radius 2 is 1.94 bits per heavy atom. The van der Waals surface area contributed by atoms with Crippen LogP contribution in [-0.2, 0) is 9.59 Å². The second kappa shape index (κ2) is 4.14. The number of para-hydroxylation sites is 2. The van der Waals surface area contributed by atoms with Crippen molar-refractivity contribution in [1.29, 1.82) is 0 Å². The first-order valence-electron chi connectivity index (χ1n) is 5.65. The van der Waals surface area contributed by atoms with E-state index in [1.54, 1.807) is 0 Å². The van der Waals surface area contributed by atoms with Crippen molar-refractivity contribution >= 4 is 29.2 Å². The van der Waals surface area contributed by atoms with Crippen LogP contribution in [0.4, 0.5) is 0 Å². The lowest BCUT2D eigenvalue weighted by molar-refractivity contribution is -0.114. The second-order valence-corrected chi connectivity index (χ2v) is 4.14. The Kier molecular flexibility index (Phi) is 2.48. The maximum absolute atomic E-state index is 11.5. The quantitative estimate of drug-likeness (QED) is 0.747. The summed E-state index contributed by atoms with van der Waals surface area (Å²) >= 11 is 0. The van der Waals surface area contributed by atoms with Crippen LogP contribution in [0.1, 0.15) is 23.7 Å². The fourth-order valence-corrected chi connectivity index (χ4v) is 2.14. The maximum Gasteiger partial charge on any atom is 0.272 e. The van der Waals surface area contributed by atoms with E-state index in [9.17, 15) is 9.59 Å². The Balaban J connectivity index is 2.22. The number of hydrogen-bond acceptors (Lipinski definition) is 4. The molecule has 4 nitrogen and oxygen atoms in total. The lowest BCUT2D eigenvalue weighted by Gasteiger charge is -2.17. The highest BCUT2D eigenvalue weighted by molar-refractivity contribution is 6.28. The number of rotatable bonds is 2. The first-order chi connectivity index (χ1) is 8.79. The van der Waals surface area contributed by atoms with Crippen LogP contribution in [0.15, 0.2) is 30.3 Å². The van der Waals surface area contributed by atoms with Gasteiger partial charge in [0.2, 0.25) is 5.78 Å². The Morgan fingerprint density at radius 1 is 1.22 bits per heavy atom. The molecule has 1 heterocycles. The highest BCUT2D eigenvalue weighted by Crippen LogP contribution is 2.28. The molecule has 1 atom stereocenters. The third-order valence-corrected chi connectivity index (χ3v) is 3.02. The van der Waals surface area contributed by atoms with Gasteiger partial charge >= 0.3 is 0 Å². The number of allylic oxidation sites excluding steroid dienone is 1. The molecule has 4 heteroatoms. The number of hydrogen-bond donors (Lipinski definition) is 0. The molecule has 0 saturated carbocycles. The van der Waals surface area contributed by atoms with Gasteiger partial charge in [0, 0.05) is 0 Å². The number of aromatic nitrogens is 2. The maximum atomic E-state index is 11.5. The molecule has 1 radical (unpaired) electrons. The van der Waals surface area contributed by atoms with Crippen molar-refractivity contribution in [2.75, 3.05) is 0 Å². The molecule has 1 aliphatic carbocycles. The lowest BCUT2D eigenvalue weighted by Crippen LogP contribution is -2.18. The van der Waals surface area contributed by atoms with Crippen LogP contribution in [0.3, 0.4) is 0 Å². The molecule has 1 aliphatic rings. The van der Waals surface area contributed by atoms with Crippen LogP contribution in [-0.4, -0.2) is 22.0 Å². The standard InChI is InChI=1S/C14H9N2O2/c17-8-13(18)9-4-3-7-12-14(9)16-11-6-2-1-5-10(11)15-12/h1-3,5-7,9H,4H2. The Bertz CT molecular complexity index is 677. The summed E-state index contributed by atoms with van der Waals surface area (Å²) in [5.41, 5.74) is 2.75. The largest absolute Gasteiger partial charge is 0.290 e. The van der Waals surface area contributed by atoms with E-state index < -0.39 is 11.7 Å². The highest BCUT2D eigenvalue weighted by atomic mass is 16.2. The van der Waals surface area contributed by atoms with E-state index in [2.05, 4.69) is 9.97 Å². The molecule has 0 saturated heterocycles. The van der Waals surface area contributed by atoms with Gasteiger partial charge in [-0.25, -0.2) is 9.97 Å². The van der Waals surface area contributed by atoms with Crippen LogP contribution < -0.4 is 0 Å². The molecule has 0 spiro atoms. The Morgan fingerprint density at radius 3 is 2.67 bits per heavy atom. The number of nitrogens with zero attached hydrogens (tertiary/aromatic N) is 2. The molecule has 18 heavy (non-hydrogen) atoms. The van der Waals surface area contributed by atoms with E-state index in [1.165, 1.54) is 6.29 Å². The molecule has 0 bridgehead atoms. The van der Waals surface area contributed by atoms with Gasteiger partial charge in [-0.3, -0.25) is 9.59 Å². The molecule has 87 valence electrons. The smallest absolute Gasteiger partial charge is 0.272 e. The van der Waals surface area contributed by atoms with E-state index in [0.717, 1.165) is 11.0 Å². The summed E-state index contributed by atoms with van der Waals surface area (Å²) in [5, 5.41) is 0. The van der Waals surface area contributed by atoms with E-state index >= 15 is 0 Å². The van der Waals surface area contributed by atoms with Crippen molar-refractivity contribution in [2.45, 2.75) is 12.3 Å². The predicted octanol–water partition coefficient (Wildman–Crippen LogP) is 1.81. The average Bonchev–Trinajstić information content (AvgIpc) is 2.43. The van der Waals surface area contributed by atoms with Gasteiger partial charge in [0.25, 0.3) is 6.29 Å². The van der Waals surface area contributed by atoms with Crippen molar-refractivity contribution in [3.63, 3.8) is 0 Å².